The van der Waals surface area contributed by atoms with Crippen LogP contribution in [0.1, 0.15) is 274 Å². The number of hydrogen-bond donors (Lipinski definition) is 1. The highest BCUT2D eigenvalue weighted by Gasteiger charge is 2.18. The molecule has 0 aliphatic heterocycles. The van der Waals surface area contributed by atoms with Gasteiger partial charge in [-0.25, -0.2) is 0 Å². The minimum Gasteiger partial charge on any atom is -0.465 e. The molecule has 1 N–H and O–H groups in total. The molecule has 1 aliphatic carbocycles. The zero-order valence-electron chi connectivity index (χ0n) is 40.6. The normalized spacial score (nSPS) is 12.9. The van der Waals surface area contributed by atoms with Crippen molar-refractivity contribution in [1.29, 1.82) is 0 Å². The predicted octanol–water partition coefficient (Wildman–Crippen LogP) is 17.5. The second kappa shape index (κ2) is 42.1. The molecule has 1 aromatic rings. The van der Waals surface area contributed by atoms with Crippen LogP contribution in [0.4, 0.5) is 0 Å². The van der Waals surface area contributed by atoms with Crippen LogP contribution in [-0.4, -0.2) is 32.0 Å². The highest BCUT2D eigenvalue weighted by molar-refractivity contribution is 6.10. The summed E-state index contributed by atoms with van der Waals surface area (Å²) in [7, 11) is 1.97. The fraction of sp³-hybridized carbons (Fsp3) is 0.786. The molecule has 2 rings (SSSR count). The fourth-order valence-corrected chi connectivity index (χ4v) is 8.41. The van der Waals surface area contributed by atoms with E-state index in [1.807, 2.05) is 44.3 Å². The quantitative estimate of drug-likeness (QED) is 0.0407. The molecule has 346 valence electrons. The van der Waals surface area contributed by atoms with Crippen LogP contribution in [0.25, 0.3) is 0 Å². The Balaban J connectivity index is 0.000000604. The van der Waals surface area contributed by atoms with Gasteiger partial charge in [-0.3, -0.25) is 9.59 Å². The molecular weight excluding hydrogens is 735 g/mol. The molecule has 0 radical (unpaired) electrons. The number of unbranched alkanes of at least 4 members (excludes halogenated alkanes) is 28. The molecule has 4 nitrogen and oxygen atoms in total. The smallest absolute Gasteiger partial charge is 0.313 e. The summed E-state index contributed by atoms with van der Waals surface area (Å²) in [5.74, 6) is 0.476. The third kappa shape index (κ3) is 32.5. The van der Waals surface area contributed by atoms with Gasteiger partial charge in [-0.2, -0.15) is 0 Å². The van der Waals surface area contributed by atoms with Crippen molar-refractivity contribution in [3.8, 4) is 0 Å². The molecule has 0 saturated heterocycles. The minimum absolute atomic E-state index is 0.0347. The largest absolute Gasteiger partial charge is 0.465 e. The van der Waals surface area contributed by atoms with Crippen LogP contribution < -0.4 is 5.32 Å². The second-order valence-electron chi connectivity index (χ2n) is 18.5. The van der Waals surface area contributed by atoms with Gasteiger partial charge < -0.3 is 10.1 Å². The third-order valence-corrected chi connectivity index (χ3v) is 12.7. The van der Waals surface area contributed by atoms with E-state index in [0.717, 1.165) is 49.3 Å². The van der Waals surface area contributed by atoms with Crippen molar-refractivity contribution < 1.29 is 14.3 Å². The summed E-state index contributed by atoms with van der Waals surface area (Å²) < 4.78 is 5.42. The van der Waals surface area contributed by atoms with Crippen LogP contribution >= 0.6 is 0 Å². The lowest BCUT2D eigenvalue weighted by atomic mass is 9.95. The number of carbonyl (C=O) groups excluding carboxylic acids is 2. The molecule has 60 heavy (non-hydrogen) atoms. The standard InChI is InChI=1S/C32H66.C24H33NO3/c1-4-6-8-10-12-14-16-18-20-22-24-26-28-30-32(3)31-29-27-25-23-21-19-17-15-13-11-9-7-5-2;1-19(24(27)28-18-10-5-3-4-9-17-25-2)20-13-15-22(16-14-20)23(26)21-11-7-6-8-12-21/h32H,4-31H2,1-3H3;7,11-16,19,25H,3-6,8-10,17-18H2,1-2H3. The molecule has 1 unspecified atom stereocenters. The fourth-order valence-electron chi connectivity index (χ4n) is 8.41. The van der Waals surface area contributed by atoms with Gasteiger partial charge in [0.05, 0.1) is 12.5 Å². The topological polar surface area (TPSA) is 55.4 Å². The Kier molecular flexibility index (Phi) is 39.2. The number of ketones is 1. The average Bonchev–Trinajstić information content (AvgIpc) is 3.27. The Morgan fingerprint density at radius 2 is 0.967 bits per heavy atom. The molecule has 0 fully saturated rings. The van der Waals surface area contributed by atoms with Crippen LogP contribution in [0.2, 0.25) is 0 Å². The maximum atomic E-state index is 12.5. The number of benzene rings is 1. The van der Waals surface area contributed by atoms with Gasteiger partial charge in [-0.15, -0.1) is 0 Å². The number of Topliss-reactive ketones (excluding diaryl/α,β-unsaturated/α-hetero) is 1. The van der Waals surface area contributed by atoms with Crippen molar-refractivity contribution >= 4 is 11.8 Å². The molecule has 0 amide bonds. The van der Waals surface area contributed by atoms with Crippen molar-refractivity contribution in [2.75, 3.05) is 20.2 Å². The van der Waals surface area contributed by atoms with Crippen LogP contribution in [0.3, 0.4) is 0 Å². The molecule has 0 spiro atoms. The number of rotatable bonds is 40. The number of hydrogen-bond acceptors (Lipinski definition) is 4. The Hall–Kier alpha value is -2.20. The van der Waals surface area contributed by atoms with Gasteiger partial charge >= 0.3 is 5.97 Å². The summed E-state index contributed by atoms with van der Waals surface area (Å²) in [5, 5.41) is 3.15. The summed E-state index contributed by atoms with van der Waals surface area (Å²) >= 11 is 0. The second-order valence-corrected chi connectivity index (χ2v) is 18.5. The Morgan fingerprint density at radius 3 is 1.38 bits per heavy atom. The molecule has 0 aromatic heterocycles. The van der Waals surface area contributed by atoms with Crippen LogP contribution in [0.15, 0.2) is 48.1 Å². The van der Waals surface area contributed by atoms with E-state index in [1.165, 1.54) is 199 Å². The summed E-state index contributed by atoms with van der Waals surface area (Å²) in [6.07, 6.45) is 54.6. The average molecular weight is 834 g/mol. The maximum Gasteiger partial charge on any atom is 0.313 e. The summed E-state index contributed by atoms with van der Waals surface area (Å²) in [4.78, 5) is 24.8. The summed E-state index contributed by atoms with van der Waals surface area (Å²) in [5.41, 5.74) is 2.28. The minimum atomic E-state index is -0.325. The number of ether oxygens (including phenoxy) is 1. The van der Waals surface area contributed by atoms with Crippen molar-refractivity contribution in [2.24, 2.45) is 5.92 Å². The molecule has 1 atom stereocenters. The SMILES string of the molecule is CCCCCCCCCCCCCCCC(C)CCCCCCCCCCCCCCC.CNCCCCCCCOC(=O)C(C)c1ccc(C(=O)C2=CCCC=C2)cc1. The molecule has 1 aromatic carbocycles. The third-order valence-electron chi connectivity index (χ3n) is 12.7. The first-order valence-corrected chi connectivity index (χ1v) is 26.3. The van der Waals surface area contributed by atoms with E-state index in [-0.39, 0.29) is 17.7 Å². The van der Waals surface area contributed by atoms with Crippen LogP contribution in [-0.2, 0) is 9.53 Å². The first-order chi connectivity index (χ1) is 29.4. The first-order valence-electron chi connectivity index (χ1n) is 26.3. The van der Waals surface area contributed by atoms with Crippen molar-refractivity contribution in [3.63, 3.8) is 0 Å². The van der Waals surface area contributed by atoms with Gasteiger partial charge in [0, 0.05) is 11.1 Å². The lowest BCUT2D eigenvalue weighted by Crippen LogP contribution is -2.14. The summed E-state index contributed by atoms with van der Waals surface area (Å²) in [6.45, 7) is 10.5. The van der Waals surface area contributed by atoms with Crippen LogP contribution in [0, 0.1) is 5.92 Å². The summed E-state index contributed by atoms with van der Waals surface area (Å²) in [6, 6.07) is 7.31. The molecule has 0 bridgehead atoms. The van der Waals surface area contributed by atoms with Gasteiger partial charge in [0.15, 0.2) is 5.78 Å². The Bertz CT molecular complexity index is 1140. The zero-order valence-corrected chi connectivity index (χ0v) is 40.6. The van der Waals surface area contributed by atoms with Gasteiger partial charge in [0.1, 0.15) is 0 Å². The molecule has 4 heteroatoms. The van der Waals surface area contributed by atoms with Gasteiger partial charge in [0.25, 0.3) is 0 Å². The Morgan fingerprint density at radius 1 is 0.550 bits per heavy atom. The van der Waals surface area contributed by atoms with Crippen molar-refractivity contribution in [2.45, 2.75) is 258 Å². The van der Waals surface area contributed by atoms with E-state index in [4.69, 9.17) is 4.74 Å². The van der Waals surface area contributed by atoms with Gasteiger partial charge in [-0.1, -0.05) is 262 Å². The molecule has 1 aliphatic rings. The van der Waals surface area contributed by atoms with E-state index < -0.39 is 0 Å². The van der Waals surface area contributed by atoms with E-state index >= 15 is 0 Å². The molecule has 0 saturated carbocycles. The predicted molar refractivity (Wildman–Crippen MR) is 263 cm³/mol. The van der Waals surface area contributed by atoms with E-state index in [9.17, 15) is 9.59 Å². The van der Waals surface area contributed by atoms with Crippen molar-refractivity contribution in [3.05, 3.63) is 59.2 Å². The van der Waals surface area contributed by atoms with E-state index in [2.05, 4.69) is 26.1 Å². The first kappa shape index (κ1) is 55.8. The number of allylic oxidation sites excluding steroid dienone is 4. The monoisotopic (exact) mass is 834 g/mol. The zero-order chi connectivity index (χ0) is 43.6. The van der Waals surface area contributed by atoms with Gasteiger partial charge in [0.2, 0.25) is 0 Å². The maximum absolute atomic E-state index is 12.5. The number of esters is 1. The lowest BCUT2D eigenvalue weighted by molar-refractivity contribution is -0.145. The van der Waals surface area contributed by atoms with E-state index in [0.29, 0.717) is 12.2 Å². The highest BCUT2D eigenvalue weighted by Crippen LogP contribution is 2.22. The molecular formula is C56H99NO3. The highest BCUT2D eigenvalue weighted by atomic mass is 16.5. The van der Waals surface area contributed by atoms with Crippen molar-refractivity contribution in [1.82, 2.24) is 5.32 Å². The van der Waals surface area contributed by atoms with Gasteiger partial charge in [-0.05, 0) is 57.7 Å². The number of nitrogens with one attached hydrogen (secondary N) is 1. The number of carbonyl (C=O) groups is 2. The van der Waals surface area contributed by atoms with E-state index in [1.54, 1.807) is 12.1 Å². The Labute approximate surface area is 373 Å². The lowest BCUT2D eigenvalue weighted by Gasteiger charge is -2.13. The van der Waals surface area contributed by atoms with Crippen LogP contribution in [0.5, 0.6) is 0 Å². The molecule has 0 heterocycles.